The Morgan fingerprint density at radius 2 is 1.94 bits per heavy atom. The minimum atomic E-state index is -0.149. The molecule has 0 bridgehead atoms. The first-order valence-corrected chi connectivity index (χ1v) is 6.45. The highest BCUT2D eigenvalue weighted by molar-refractivity contribution is 5.82. The average Bonchev–Trinajstić information content (AvgIpc) is 2.67. The van der Waals surface area contributed by atoms with Gasteiger partial charge in [0.05, 0.1) is 5.84 Å². The van der Waals surface area contributed by atoms with E-state index in [1.54, 1.807) is 0 Å². The highest BCUT2D eigenvalue weighted by atomic mass is 15.1. The minimum Gasteiger partial charge on any atom is -0.387 e. The molecule has 3 heteroatoms. The number of nitrogens with zero attached hydrogens (tertiary/aromatic N) is 1. The maximum absolute atomic E-state index is 7.52. The lowest BCUT2D eigenvalue weighted by Gasteiger charge is -2.27. The fourth-order valence-corrected chi connectivity index (χ4v) is 2.33. The zero-order valence-corrected chi connectivity index (χ0v) is 11.1. The van der Waals surface area contributed by atoms with Gasteiger partial charge in [0.15, 0.2) is 0 Å². The van der Waals surface area contributed by atoms with Crippen molar-refractivity contribution in [3.8, 4) is 0 Å². The molecular formula is C13H27N3. The second-order valence-corrected chi connectivity index (χ2v) is 5.96. The van der Waals surface area contributed by atoms with Gasteiger partial charge in [-0.2, -0.15) is 0 Å². The molecule has 0 amide bonds. The molecule has 0 spiro atoms. The van der Waals surface area contributed by atoms with Crippen molar-refractivity contribution in [1.29, 1.82) is 5.41 Å². The van der Waals surface area contributed by atoms with E-state index in [1.165, 1.54) is 32.2 Å². The molecule has 0 unspecified atom stereocenters. The van der Waals surface area contributed by atoms with Crippen molar-refractivity contribution in [1.82, 2.24) is 4.90 Å². The van der Waals surface area contributed by atoms with E-state index < -0.39 is 0 Å². The highest BCUT2D eigenvalue weighted by Crippen LogP contribution is 2.26. The number of amidine groups is 1. The molecule has 0 aromatic rings. The Labute approximate surface area is 99.9 Å². The van der Waals surface area contributed by atoms with E-state index in [-0.39, 0.29) is 5.41 Å². The van der Waals surface area contributed by atoms with Crippen molar-refractivity contribution in [3.05, 3.63) is 0 Å². The molecule has 1 rings (SSSR count). The lowest BCUT2D eigenvalue weighted by atomic mass is 9.88. The molecule has 0 radical (unpaired) electrons. The van der Waals surface area contributed by atoms with Gasteiger partial charge in [0, 0.05) is 12.0 Å². The Hall–Kier alpha value is -0.570. The first kappa shape index (κ1) is 13.5. The molecule has 1 aliphatic rings. The average molecular weight is 225 g/mol. The molecule has 3 N–H and O–H groups in total. The third kappa shape index (κ3) is 4.12. The van der Waals surface area contributed by atoms with Crippen LogP contribution in [0.1, 0.15) is 46.0 Å². The van der Waals surface area contributed by atoms with Gasteiger partial charge in [-0.05, 0) is 38.8 Å². The zero-order chi connectivity index (χ0) is 12.2. The van der Waals surface area contributed by atoms with Gasteiger partial charge in [0.2, 0.25) is 0 Å². The van der Waals surface area contributed by atoms with E-state index in [1.807, 2.05) is 0 Å². The monoisotopic (exact) mass is 225 g/mol. The fourth-order valence-electron chi connectivity index (χ4n) is 2.33. The summed E-state index contributed by atoms with van der Waals surface area (Å²) in [5, 5.41) is 7.52. The third-order valence-electron chi connectivity index (χ3n) is 3.89. The second kappa shape index (κ2) is 5.67. The van der Waals surface area contributed by atoms with Crippen LogP contribution in [0.15, 0.2) is 0 Å². The smallest absolute Gasteiger partial charge is 0.0963 e. The Morgan fingerprint density at radius 3 is 2.44 bits per heavy atom. The predicted octanol–water partition coefficient (Wildman–Crippen LogP) is 2.46. The van der Waals surface area contributed by atoms with Crippen LogP contribution in [0.2, 0.25) is 0 Å². The number of nitrogens with two attached hydrogens (primary N) is 1. The van der Waals surface area contributed by atoms with Crippen LogP contribution in [-0.2, 0) is 0 Å². The Balaban J connectivity index is 2.23. The SMILES string of the molecule is CN(CCC(C)(C)C(=N)N)CC1CCCC1. The second-order valence-electron chi connectivity index (χ2n) is 5.96. The summed E-state index contributed by atoms with van der Waals surface area (Å²) in [7, 11) is 2.19. The van der Waals surface area contributed by atoms with Gasteiger partial charge in [-0.15, -0.1) is 0 Å². The topological polar surface area (TPSA) is 53.1 Å². The molecule has 0 saturated heterocycles. The van der Waals surface area contributed by atoms with Gasteiger partial charge in [0.1, 0.15) is 0 Å². The highest BCUT2D eigenvalue weighted by Gasteiger charge is 2.23. The van der Waals surface area contributed by atoms with Crippen molar-refractivity contribution in [2.24, 2.45) is 17.1 Å². The van der Waals surface area contributed by atoms with Crippen molar-refractivity contribution < 1.29 is 0 Å². The molecular weight excluding hydrogens is 198 g/mol. The number of hydrogen-bond donors (Lipinski definition) is 2. The van der Waals surface area contributed by atoms with Gasteiger partial charge in [-0.25, -0.2) is 0 Å². The maximum Gasteiger partial charge on any atom is 0.0963 e. The van der Waals surface area contributed by atoms with E-state index in [2.05, 4.69) is 25.8 Å². The molecule has 94 valence electrons. The van der Waals surface area contributed by atoms with Crippen molar-refractivity contribution >= 4 is 5.84 Å². The normalized spacial score (nSPS) is 18.2. The van der Waals surface area contributed by atoms with E-state index >= 15 is 0 Å². The Bertz CT molecular complexity index is 229. The molecule has 0 aromatic carbocycles. The van der Waals surface area contributed by atoms with Crippen LogP contribution in [0.3, 0.4) is 0 Å². The summed E-state index contributed by atoms with van der Waals surface area (Å²) in [6.45, 7) is 6.37. The van der Waals surface area contributed by atoms with E-state index in [9.17, 15) is 0 Å². The molecule has 0 atom stereocenters. The summed E-state index contributed by atoms with van der Waals surface area (Å²) in [5.41, 5.74) is 5.44. The number of rotatable bonds is 6. The van der Waals surface area contributed by atoms with Crippen LogP contribution in [0.4, 0.5) is 0 Å². The molecule has 1 fully saturated rings. The van der Waals surface area contributed by atoms with Gasteiger partial charge >= 0.3 is 0 Å². The largest absolute Gasteiger partial charge is 0.387 e. The molecule has 16 heavy (non-hydrogen) atoms. The summed E-state index contributed by atoms with van der Waals surface area (Å²) in [4.78, 5) is 2.40. The van der Waals surface area contributed by atoms with Crippen LogP contribution < -0.4 is 5.73 Å². The molecule has 1 aliphatic carbocycles. The summed E-state index contributed by atoms with van der Waals surface area (Å²) >= 11 is 0. The first-order valence-electron chi connectivity index (χ1n) is 6.45. The molecule has 1 saturated carbocycles. The summed E-state index contributed by atoms with van der Waals surface area (Å²) < 4.78 is 0. The molecule has 0 heterocycles. The number of hydrogen-bond acceptors (Lipinski definition) is 2. The Morgan fingerprint density at radius 1 is 1.38 bits per heavy atom. The summed E-state index contributed by atoms with van der Waals surface area (Å²) in [6, 6.07) is 0. The van der Waals surface area contributed by atoms with Crippen LogP contribution >= 0.6 is 0 Å². The first-order chi connectivity index (χ1) is 7.42. The van der Waals surface area contributed by atoms with Crippen molar-refractivity contribution in [3.63, 3.8) is 0 Å². The summed E-state index contributed by atoms with van der Waals surface area (Å²) in [6.07, 6.45) is 6.61. The van der Waals surface area contributed by atoms with E-state index in [0.717, 1.165) is 18.9 Å². The lowest BCUT2D eigenvalue weighted by molar-refractivity contribution is 0.251. The van der Waals surface area contributed by atoms with E-state index in [4.69, 9.17) is 11.1 Å². The Kier molecular flexibility index (Phi) is 4.78. The third-order valence-corrected chi connectivity index (χ3v) is 3.89. The van der Waals surface area contributed by atoms with Crippen LogP contribution in [0.5, 0.6) is 0 Å². The van der Waals surface area contributed by atoms with Crippen molar-refractivity contribution in [2.75, 3.05) is 20.1 Å². The van der Waals surface area contributed by atoms with Crippen molar-refractivity contribution in [2.45, 2.75) is 46.0 Å². The fraction of sp³-hybridized carbons (Fsp3) is 0.923. The maximum atomic E-state index is 7.52. The lowest BCUT2D eigenvalue weighted by Crippen LogP contribution is -2.35. The van der Waals surface area contributed by atoms with Gasteiger partial charge in [-0.3, -0.25) is 5.41 Å². The standard InChI is InChI=1S/C13H27N3/c1-13(2,12(14)15)8-9-16(3)10-11-6-4-5-7-11/h11H,4-10H2,1-3H3,(H3,14,15). The van der Waals surface area contributed by atoms with E-state index in [0.29, 0.717) is 5.84 Å². The zero-order valence-electron chi connectivity index (χ0n) is 11.1. The predicted molar refractivity (Wildman–Crippen MR) is 69.8 cm³/mol. The molecule has 0 aromatic heterocycles. The van der Waals surface area contributed by atoms with Gasteiger partial charge in [0.25, 0.3) is 0 Å². The van der Waals surface area contributed by atoms with Gasteiger partial charge in [-0.1, -0.05) is 26.7 Å². The minimum absolute atomic E-state index is 0.149. The van der Waals surface area contributed by atoms with Gasteiger partial charge < -0.3 is 10.6 Å². The molecule has 3 nitrogen and oxygen atoms in total. The van der Waals surface area contributed by atoms with Crippen LogP contribution in [0, 0.1) is 16.7 Å². The van der Waals surface area contributed by atoms with Crippen LogP contribution in [-0.4, -0.2) is 30.9 Å². The number of nitrogens with one attached hydrogen (secondary N) is 1. The summed E-state index contributed by atoms with van der Waals surface area (Å²) in [5.74, 6) is 1.22. The quantitative estimate of drug-likeness (QED) is 0.539. The van der Waals surface area contributed by atoms with Crippen LogP contribution in [0.25, 0.3) is 0 Å². The molecule has 0 aliphatic heterocycles.